The summed E-state index contributed by atoms with van der Waals surface area (Å²) in [5, 5.41) is 9.70. The Hall–Kier alpha value is -3.26. The number of pyridine rings is 1. The number of benzene rings is 1. The number of fused-ring (bicyclic) bond motifs is 3. The van der Waals surface area contributed by atoms with Crippen LogP contribution in [0.4, 0.5) is 5.82 Å². The molecule has 32 heavy (non-hydrogen) atoms. The Kier molecular flexibility index (Phi) is 4.50. The molecule has 0 radical (unpaired) electrons. The Morgan fingerprint density at radius 1 is 1.03 bits per heavy atom. The summed E-state index contributed by atoms with van der Waals surface area (Å²) < 4.78 is 8.93. The maximum Gasteiger partial charge on any atom is 0.330 e. The minimum Gasteiger partial charge on any atom is -0.381 e. The maximum atomic E-state index is 13.1. The maximum absolute atomic E-state index is 13.1. The second kappa shape index (κ2) is 7.41. The van der Waals surface area contributed by atoms with Gasteiger partial charge in [0.25, 0.3) is 0 Å². The van der Waals surface area contributed by atoms with E-state index in [4.69, 9.17) is 9.72 Å². The van der Waals surface area contributed by atoms with Crippen LogP contribution in [-0.2, 0) is 11.8 Å². The molecule has 1 aliphatic carbocycles. The number of aryl methyl sites for hydroxylation is 1. The number of aromatic nitrogens is 5. The standard InChI is InChI=1S/C24H26N6O2/c1-28-23-22(30(24(28)31)17-12-18(13-17)32-2)19-11-15(5-7-20(19)26-27-23)16-6-8-21(25-14-16)29-9-3-4-10-29/h5-8,11,14,17-18H,3-4,9-10,12-13H2,1-2H3. The molecule has 4 aromatic rings. The van der Waals surface area contributed by atoms with E-state index in [0.717, 1.165) is 59.3 Å². The first-order chi connectivity index (χ1) is 15.6. The lowest BCUT2D eigenvalue weighted by atomic mass is 9.89. The Balaban J connectivity index is 1.47. The molecule has 164 valence electrons. The SMILES string of the molecule is COC1CC(n2c(=O)n(C)c3nnc4ccc(-c5ccc(N6CCCC6)nc5)cc4c32)C1. The molecule has 0 bridgehead atoms. The number of methoxy groups -OCH3 is 1. The zero-order valence-electron chi connectivity index (χ0n) is 18.4. The number of nitrogens with zero attached hydrogens (tertiary/aromatic N) is 6. The van der Waals surface area contributed by atoms with Gasteiger partial charge in [0.1, 0.15) is 11.3 Å². The van der Waals surface area contributed by atoms with Crippen molar-refractivity contribution in [3.8, 4) is 11.1 Å². The second-order valence-corrected chi connectivity index (χ2v) is 8.90. The largest absolute Gasteiger partial charge is 0.381 e. The van der Waals surface area contributed by atoms with Crippen LogP contribution in [0.3, 0.4) is 0 Å². The molecule has 1 saturated heterocycles. The highest BCUT2D eigenvalue weighted by atomic mass is 16.5. The highest BCUT2D eigenvalue weighted by Crippen LogP contribution is 2.37. The molecule has 6 rings (SSSR count). The van der Waals surface area contributed by atoms with Gasteiger partial charge in [0.2, 0.25) is 0 Å². The molecule has 1 aliphatic heterocycles. The fourth-order valence-electron chi connectivity index (χ4n) is 5.04. The van der Waals surface area contributed by atoms with E-state index in [1.807, 2.05) is 22.9 Å². The lowest BCUT2D eigenvalue weighted by Gasteiger charge is -2.34. The van der Waals surface area contributed by atoms with Crippen molar-refractivity contribution in [3.05, 3.63) is 47.0 Å². The van der Waals surface area contributed by atoms with Crippen LogP contribution in [-0.4, -0.2) is 50.6 Å². The third-order valence-corrected chi connectivity index (χ3v) is 7.05. The van der Waals surface area contributed by atoms with Gasteiger partial charge in [-0.15, -0.1) is 10.2 Å². The van der Waals surface area contributed by atoms with E-state index < -0.39 is 0 Å². The summed E-state index contributed by atoms with van der Waals surface area (Å²) in [4.78, 5) is 20.1. The first kappa shape index (κ1) is 19.4. The molecule has 1 aromatic carbocycles. The molecule has 0 amide bonds. The van der Waals surface area contributed by atoms with E-state index in [2.05, 4.69) is 33.3 Å². The molecule has 0 unspecified atom stereocenters. The van der Waals surface area contributed by atoms with E-state index in [9.17, 15) is 4.79 Å². The monoisotopic (exact) mass is 430 g/mol. The Bertz CT molecular complexity index is 1360. The van der Waals surface area contributed by atoms with Crippen molar-refractivity contribution in [2.45, 2.75) is 37.8 Å². The highest BCUT2D eigenvalue weighted by Gasteiger charge is 2.34. The van der Waals surface area contributed by atoms with Crippen LogP contribution in [0, 0.1) is 0 Å². The number of ether oxygens (including phenoxy) is 1. The summed E-state index contributed by atoms with van der Waals surface area (Å²) in [7, 11) is 3.49. The molecule has 4 heterocycles. The summed E-state index contributed by atoms with van der Waals surface area (Å²) in [6.45, 7) is 2.16. The van der Waals surface area contributed by atoms with Crippen LogP contribution in [0.15, 0.2) is 41.3 Å². The summed E-state index contributed by atoms with van der Waals surface area (Å²) in [5.41, 5.74) is 4.30. The van der Waals surface area contributed by atoms with Crippen molar-refractivity contribution in [2.24, 2.45) is 7.05 Å². The summed E-state index contributed by atoms with van der Waals surface area (Å²) in [6, 6.07) is 10.5. The van der Waals surface area contributed by atoms with Crippen LogP contribution in [0.5, 0.6) is 0 Å². The van der Waals surface area contributed by atoms with Gasteiger partial charge in [-0.25, -0.2) is 9.78 Å². The Labute approximate surface area is 185 Å². The van der Waals surface area contributed by atoms with Crippen molar-refractivity contribution < 1.29 is 4.74 Å². The third-order valence-electron chi connectivity index (χ3n) is 7.05. The summed E-state index contributed by atoms with van der Waals surface area (Å²) in [5.74, 6) is 1.04. The normalized spacial score (nSPS) is 20.9. The van der Waals surface area contributed by atoms with Gasteiger partial charge in [0.05, 0.1) is 11.6 Å². The van der Waals surface area contributed by atoms with E-state index in [1.165, 1.54) is 12.8 Å². The van der Waals surface area contributed by atoms with Gasteiger partial charge < -0.3 is 9.64 Å². The van der Waals surface area contributed by atoms with Crippen molar-refractivity contribution >= 4 is 27.9 Å². The van der Waals surface area contributed by atoms with Crippen LogP contribution in [0.2, 0.25) is 0 Å². The van der Waals surface area contributed by atoms with Crippen LogP contribution < -0.4 is 10.6 Å². The lowest BCUT2D eigenvalue weighted by molar-refractivity contribution is 0.00635. The van der Waals surface area contributed by atoms with Crippen molar-refractivity contribution in [1.29, 1.82) is 0 Å². The van der Waals surface area contributed by atoms with Gasteiger partial charge >= 0.3 is 5.69 Å². The molecule has 3 aromatic heterocycles. The van der Waals surface area contributed by atoms with Gasteiger partial charge in [-0.05, 0) is 55.5 Å². The smallest absolute Gasteiger partial charge is 0.330 e. The minimum atomic E-state index is -0.0524. The molecular weight excluding hydrogens is 404 g/mol. The van der Waals surface area contributed by atoms with Gasteiger partial charge in [-0.1, -0.05) is 6.07 Å². The molecule has 2 fully saturated rings. The quantitative estimate of drug-likeness (QED) is 0.494. The van der Waals surface area contributed by atoms with Crippen molar-refractivity contribution in [2.75, 3.05) is 25.1 Å². The number of rotatable bonds is 4. The van der Waals surface area contributed by atoms with Crippen molar-refractivity contribution in [1.82, 2.24) is 24.3 Å². The van der Waals surface area contributed by atoms with Gasteiger partial charge in [-0.2, -0.15) is 0 Å². The third kappa shape index (κ3) is 2.93. The molecule has 0 atom stereocenters. The molecule has 0 spiro atoms. The fourth-order valence-corrected chi connectivity index (χ4v) is 5.04. The predicted octanol–water partition coefficient (Wildman–Crippen LogP) is 3.30. The number of hydrogen-bond acceptors (Lipinski definition) is 6. The molecule has 0 N–H and O–H groups in total. The second-order valence-electron chi connectivity index (χ2n) is 8.90. The minimum absolute atomic E-state index is 0.0524. The van der Waals surface area contributed by atoms with Crippen LogP contribution >= 0.6 is 0 Å². The summed E-state index contributed by atoms with van der Waals surface area (Å²) in [6.07, 6.45) is 6.28. The zero-order valence-corrected chi connectivity index (χ0v) is 18.4. The first-order valence-corrected chi connectivity index (χ1v) is 11.3. The molecular formula is C24H26N6O2. The Morgan fingerprint density at radius 2 is 1.81 bits per heavy atom. The van der Waals surface area contributed by atoms with E-state index in [0.29, 0.717) is 5.65 Å². The number of anilines is 1. The first-order valence-electron chi connectivity index (χ1n) is 11.3. The molecule has 1 saturated carbocycles. The predicted molar refractivity (Wildman–Crippen MR) is 124 cm³/mol. The van der Waals surface area contributed by atoms with Gasteiger partial charge in [-0.3, -0.25) is 9.13 Å². The van der Waals surface area contributed by atoms with Gasteiger partial charge in [0.15, 0.2) is 5.65 Å². The van der Waals surface area contributed by atoms with Gasteiger partial charge in [0, 0.05) is 50.4 Å². The lowest BCUT2D eigenvalue weighted by Crippen LogP contribution is -2.37. The van der Waals surface area contributed by atoms with Crippen LogP contribution in [0.25, 0.3) is 33.2 Å². The van der Waals surface area contributed by atoms with Crippen LogP contribution in [0.1, 0.15) is 31.7 Å². The van der Waals surface area contributed by atoms with E-state index in [-0.39, 0.29) is 17.8 Å². The molecule has 2 aliphatic rings. The average Bonchev–Trinajstić information content (AvgIpc) is 3.42. The zero-order chi connectivity index (χ0) is 21.8. The topological polar surface area (TPSA) is 78.1 Å². The van der Waals surface area contributed by atoms with E-state index in [1.54, 1.807) is 18.7 Å². The van der Waals surface area contributed by atoms with Crippen molar-refractivity contribution in [3.63, 3.8) is 0 Å². The molecule has 8 nitrogen and oxygen atoms in total. The Morgan fingerprint density at radius 3 is 2.53 bits per heavy atom. The average molecular weight is 431 g/mol. The fraction of sp³-hybridized carbons (Fsp3) is 0.417. The highest BCUT2D eigenvalue weighted by molar-refractivity contribution is 6.02. The van der Waals surface area contributed by atoms with E-state index >= 15 is 0 Å². The number of hydrogen-bond donors (Lipinski definition) is 0. The number of imidazole rings is 1. The summed E-state index contributed by atoms with van der Waals surface area (Å²) >= 11 is 0. The molecule has 8 heteroatoms.